The fraction of sp³-hybridized carbons (Fsp3) is 0.706. The normalized spacial score (nSPS) is 26.1. The SMILES string of the molecule is COc1cc(N2C[C@@H]3OC(=O)N(CCCN4CCOCC4)[C@@H]3C2)ncn1. The summed E-state index contributed by atoms with van der Waals surface area (Å²) in [7, 11) is 1.59. The second kappa shape index (κ2) is 7.63. The highest BCUT2D eigenvalue weighted by atomic mass is 16.6. The van der Waals surface area contributed by atoms with Gasteiger partial charge >= 0.3 is 6.09 Å². The molecular formula is C17H25N5O4. The summed E-state index contributed by atoms with van der Waals surface area (Å²) in [5.41, 5.74) is 0. The molecule has 3 fully saturated rings. The van der Waals surface area contributed by atoms with E-state index in [9.17, 15) is 4.79 Å². The minimum absolute atomic E-state index is 0.0770. The number of rotatable bonds is 6. The molecule has 0 spiro atoms. The van der Waals surface area contributed by atoms with Crippen LogP contribution in [0.15, 0.2) is 12.4 Å². The van der Waals surface area contributed by atoms with Crippen molar-refractivity contribution in [2.24, 2.45) is 0 Å². The van der Waals surface area contributed by atoms with Crippen LogP contribution in [0.4, 0.5) is 10.6 Å². The van der Waals surface area contributed by atoms with Gasteiger partial charge in [0, 0.05) is 38.8 Å². The van der Waals surface area contributed by atoms with Gasteiger partial charge in [-0.3, -0.25) is 9.80 Å². The molecule has 0 bridgehead atoms. The molecule has 142 valence electrons. The Balaban J connectivity index is 1.33. The van der Waals surface area contributed by atoms with Crippen molar-refractivity contribution in [1.29, 1.82) is 0 Å². The summed E-state index contributed by atoms with van der Waals surface area (Å²) < 4.78 is 16.1. The van der Waals surface area contributed by atoms with E-state index >= 15 is 0 Å². The number of carbonyl (C=O) groups is 1. The predicted octanol–water partition coefficient (Wildman–Crippen LogP) is 0.217. The zero-order chi connectivity index (χ0) is 17.9. The molecule has 26 heavy (non-hydrogen) atoms. The molecule has 9 nitrogen and oxygen atoms in total. The van der Waals surface area contributed by atoms with Crippen LogP contribution in [0.5, 0.6) is 5.88 Å². The molecule has 3 saturated heterocycles. The number of nitrogens with zero attached hydrogens (tertiary/aromatic N) is 5. The lowest BCUT2D eigenvalue weighted by Gasteiger charge is -2.28. The molecule has 2 atom stereocenters. The topological polar surface area (TPSA) is 80.3 Å². The Morgan fingerprint density at radius 1 is 1.23 bits per heavy atom. The minimum Gasteiger partial charge on any atom is -0.481 e. The van der Waals surface area contributed by atoms with Crippen LogP contribution in [0.3, 0.4) is 0 Å². The standard InChI is InChI=1S/C17H25N5O4/c1-24-16-9-15(18-12-19-16)21-10-13-14(11-21)26-17(23)22(13)4-2-3-20-5-7-25-8-6-20/h9,12-14H,2-8,10-11H2,1H3/t13-,14+/m1/s1. The first kappa shape index (κ1) is 17.3. The highest BCUT2D eigenvalue weighted by molar-refractivity contribution is 5.71. The van der Waals surface area contributed by atoms with Crippen LogP contribution in [0.1, 0.15) is 6.42 Å². The molecule has 3 aliphatic heterocycles. The maximum Gasteiger partial charge on any atom is 0.410 e. The van der Waals surface area contributed by atoms with Crippen molar-refractivity contribution in [2.45, 2.75) is 18.6 Å². The molecule has 1 amide bonds. The summed E-state index contributed by atoms with van der Waals surface area (Å²) in [5, 5.41) is 0. The van der Waals surface area contributed by atoms with Crippen LogP contribution < -0.4 is 9.64 Å². The van der Waals surface area contributed by atoms with Gasteiger partial charge in [-0.2, -0.15) is 0 Å². The minimum atomic E-state index is -0.193. The molecule has 1 aromatic heterocycles. The van der Waals surface area contributed by atoms with Gasteiger partial charge in [0.15, 0.2) is 0 Å². The summed E-state index contributed by atoms with van der Waals surface area (Å²) in [4.78, 5) is 27.0. The Morgan fingerprint density at radius 3 is 2.88 bits per heavy atom. The van der Waals surface area contributed by atoms with Crippen molar-refractivity contribution in [1.82, 2.24) is 19.8 Å². The zero-order valence-corrected chi connectivity index (χ0v) is 15.0. The highest BCUT2D eigenvalue weighted by Crippen LogP contribution is 2.30. The van der Waals surface area contributed by atoms with Crippen molar-refractivity contribution in [3.63, 3.8) is 0 Å². The quantitative estimate of drug-likeness (QED) is 0.710. The number of amides is 1. The molecule has 0 unspecified atom stereocenters. The molecule has 9 heteroatoms. The van der Waals surface area contributed by atoms with Gasteiger partial charge in [0.05, 0.1) is 32.9 Å². The van der Waals surface area contributed by atoms with Crippen molar-refractivity contribution >= 4 is 11.9 Å². The Morgan fingerprint density at radius 2 is 2.08 bits per heavy atom. The number of methoxy groups -OCH3 is 1. The van der Waals surface area contributed by atoms with Crippen LogP contribution >= 0.6 is 0 Å². The van der Waals surface area contributed by atoms with Gasteiger partial charge in [0.25, 0.3) is 0 Å². The number of fused-ring (bicyclic) bond motifs is 1. The van der Waals surface area contributed by atoms with Gasteiger partial charge in [-0.15, -0.1) is 0 Å². The van der Waals surface area contributed by atoms with Gasteiger partial charge < -0.3 is 19.1 Å². The number of hydrogen-bond acceptors (Lipinski definition) is 8. The smallest absolute Gasteiger partial charge is 0.410 e. The van der Waals surface area contributed by atoms with Crippen molar-refractivity contribution < 1.29 is 19.0 Å². The predicted molar refractivity (Wildman–Crippen MR) is 93.4 cm³/mol. The van der Waals surface area contributed by atoms with E-state index in [2.05, 4.69) is 19.8 Å². The molecule has 0 saturated carbocycles. The van der Waals surface area contributed by atoms with Crippen LogP contribution in [-0.4, -0.2) is 97.6 Å². The van der Waals surface area contributed by atoms with E-state index in [1.165, 1.54) is 6.33 Å². The summed E-state index contributed by atoms with van der Waals surface area (Å²) in [6, 6.07) is 1.89. The summed E-state index contributed by atoms with van der Waals surface area (Å²) in [6.45, 7) is 6.61. The van der Waals surface area contributed by atoms with E-state index in [-0.39, 0.29) is 18.2 Å². The van der Waals surface area contributed by atoms with Crippen molar-refractivity contribution in [3.05, 3.63) is 12.4 Å². The van der Waals surface area contributed by atoms with Gasteiger partial charge in [0.2, 0.25) is 5.88 Å². The van der Waals surface area contributed by atoms with E-state index in [1.807, 2.05) is 11.0 Å². The molecule has 1 aromatic rings. The average Bonchev–Trinajstić information content (AvgIpc) is 3.21. The lowest BCUT2D eigenvalue weighted by Crippen LogP contribution is -2.41. The first-order chi connectivity index (χ1) is 12.7. The Kier molecular flexibility index (Phi) is 5.07. The summed E-state index contributed by atoms with van der Waals surface area (Å²) in [5.74, 6) is 1.34. The van der Waals surface area contributed by atoms with Gasteiger partial charge in [-0.1, -0.05) is 0 Å². The number of hydrogen-bond donors (Lipinski definition) is 0. The lowest BCUT2D eigenvalue weighted by molar-refractivity contribution is 0.0363. The summed E-state index contributed by atoms with van der Waals surface area (Å²) in [6.07, 6.45) is 2.14. The number of carbonyl (C=O) groups excluding carboxylic acids is 1. The van der Waals surface area contributed by atoms with Crippen LogP contribution in [0.25, 0.3) is 0 Å². The fourth-order valence-electron chi connectivity index (χ4n) is 3.85. The first-order valence-electron chi connectivity index (χ1n) is 9.13. The molecule has 0 aromatic carbocycles. The zero-order valence-electron chi connectivity index (χ0n) is 15.0. The van der Waals surface area contributed by atoms with Crippen molar-refractivity contribution in [3.8, 4) is 5.88 Å². The maximum absolute atomic E-state index is 12.2. The Labute approximate surface area is 152 Å². The van der Waals surface area contributed by atoms with Gasteiger partial charge in [-0.25, -0.2) is 14.8 Å². The maximum atomic E-state index is 12.2. The fourth-order valence-corrected chi connectivity index (χ4v) is 3.85. The van der Waals surface area contributed by atoms with E-state index in [1.54, 1.807) is 7.11 Å². The van der Waals surface area contributed by atoms with Crippen LogP contribution in [0.2, 0.25) is 0 Å². The molecule has 0 N–H and O–H groups in total. The number of ether oxygens (including phenoxy) is 3. The molecule has 0 aliphatic carbocycles. The van der Waals surface area contributed by atoms with Crippen molar-refractivity contribution in [2.75, 3.05) is 64.5 Å². The molecule has 4 heterocycles. The van der Waals surface area contributed by atoms with E-state index < -0.39 is 0 Å². The van der Waals surface area contributed by atoms with Crippen LogP contribution in [0, 0.1) is 0 Å². The molecule has 0 radical (unpaired) electrons. The lowest BCUT2D eigenvalue weighted by atomic mass is 10.2. The van der Waals surface area contributed by atoms with Gasteiger partial charge in [0.1, 0.15) is 18.2 Å². The van der Waals surface area contributed by atoms with Crippen LogP contribution in [-0.2, 0) is 9.47 Å². The Bertz CT molecular complexity index is 639. The monoisotopic (exact) mass is 363 g/mol. The number of morpholine rings is 1. The third kappa shape index (κ3) is 3.54. The Hall–Kier alpha value is -2.13. The number of aromatic nitrogens is 2. The highest BCUT2D eigenvalue weighted by Gasteiger charge is 2.47. The van der Waals surface area contributed by atoms with Gasteiger partial charge in [-0.05, 0) is 6.42 Å². The molecule has 3 aliphatic rings. The summed E-state index contributed by atoms with van der Waals surface area (Å²) >= 11 is 0. The first-order valence-corrected chi connectivity index (χ1v) is 9.13. The van der Waals surface area contributed by atoms with E-state index in [4.69, 9.17) is 14.2 Å². The van der Waals surface area contributed by atoms with E-state index in [0.717, 1.165) is 51.6 Å². The largest absolute Gasteiger partial charge is 0.481 e. The second-order valence-electron chi connectivity index (χ2n) is 6.81. The number of anilines is 1. The third-order valence-corrected chi connectivity index (χ3v) is 5.26. The molecule has 4 rings (SSSR count). The average molecular weight is 363 g/mol. The second-order valence-corrected chi connectivity index (χ2v) is 6.81. The third-order valence-electron chi connectivity index (χ3n) is 5.26. The molecular weight excluding hydrogens is 338 g/mol. The van der Waals surface area contributed by atoms with E-state index in [0.29, 0.717) is 19.0 Å².